The van der Waals surface area contributed by atoms with Gasteiger partial charge in [-0.1, -0.05) is 24.3 Å². The van der Waals surface area contributed by atoms with E-state index in [4.69, 9.17) is 14.2 Å². The molecule has 39 heavy (non-hydrogen) atoms. The molecular weight excluding hydrogens is 524 g/mol. The van der Waals surface area contributed by atoms with Gasteiger partial charge >= 0.3 is 5.97 Å². The van der Waals surface area contributed by atoms with Gasteiger partial charge in [-0.15, -0.1) is 0 Å². The Hall–Kier alpha value is -4.22. The second-order valence-corrected chi connectivity index (χ2v) is 10.6. The molecule has 0 spiro atoms. The molecule has 11 heteroatoms. The van der Waals surface area contributed by atoms with Gasteiger partial charge in [0.2, 0.25) is 15.9 Å². The summed E-state index contributed by atoms with van der Waals surface area (Å²) >= 11 is 0. The van der Waals surface area contributed by atoms with E-state index in [1.165, 1.54) is 57.5 Å². The van der Waals surface area contributed by atoms with Gasteiger partial charge < -0.3 is 14.2 Å². The van der Waals surface area contributed by atoms with Gasteiger partial charge in [0.1, 0.15) is 11.8 Å². The molecule has 3 aromatic rings. The van der Waals surface area contributed by atoms with Gasteiger partial charge in [0.15, 0.2) is 11.5 Å². The van der Waals surface area contributed by atoms with Gasteiger partial charge in [0, 0.05) is 13.5 Å². The number of hydrogen-bond acceptors (Lipinski definition) is 8. The SMILES string of the molecule is COc1ccc(CCN(C2CC(=O)N(c3ccc(OC(C)=O)cc3)C2=O)S(=O)(=O)c2ccccc2)cc1OC. The number of esters is 1. The lowest BCUT2D eigenvalue weighted by Gasteiger charge is -2.27. The number of ether oxygens (including phenoxy) is 3. The summed E-state index contributed by atoms with van der Waals surface area (Å²) in [6.07, 6.45) is -0.0655. The summed E-state index contributed by atoms with van der Waals surface area (Å²) < 4.78 is 44.2. The molecule has 1 saturated heterocycles. The van der Waals surface area contributed by atoms with Crippen LogP contribution in [0.25, 0.3) is 0 Å². The van der Waals surface area contributed by atoms with E-state index in [1.807, 2.05) is 0 Å². The normalized spacial score (nSPS) is 15.5. The van der Waals surface area contributed by atoms with Crippen molar-refractivity contribution in [2.45, 2.75) is 30.7 Å². The van der Waals surface area contributed by atoms with Crippen LogP contribution >= 0.6 is 0 Å². The van der Waals surface area contributed by atoms with Crippen molar-refractivity contribution < 1.29 is 37.0 Å². The van der Waals surface area contributed by atoms with Crippen LogP contribution in [-0.2, 0) is 30.8 Å². The highest BCUT2D eigenvalue weighted by atomic mass is 32.2. The molecule has 2 amide bonds. The molecule has 4 rings (SSSR count). The molecular formula is C28H28N2O8S. The molecule has 204 valence electrons. The molecule has 1 atom stereocenters. The lowest BCUT2D eigenvalue weighted by atomic mass is 10.1. The molecule has 0 aliphatic carbocycles. The van der Waals surface area contributed by atoms with Crippen LogP contribution in [0, 0.1) is 0 Å². The molecule has 0 N–H and O–H groups in total. The zero-order chi connectivity index (χ0) is 28.2. The van der Waals surface area contributed by atoms with Crippen LogP contribution < -0.4 is 19.1 Å². The third kappa shape index (κ3) is 5.94. The van der Waals surface area contributed by atoms with Crippen LogP contribution in [0.4, 0.5) is 5.69 Å². The molecule has 1 fully saturated rings. The zero-order valence-electron chi connectivity index (χ0n) is 21.7. The van der Waals surface area contributed by atoms with Crippen molar-refractivity contribution in [3.05, 3.63) is 78.4 Å². The summed E-state index contributed by atoms with van der Waals surface area (Å²) in [5.74, 6) is -0.431. The second-order valence-electron chi connectivity index (χ2n) is 8.74. The van der Waals surface area contributed by atoms with Gasteiger partial charge in [-0.3, -0.25) is 14.4 Å². The number of carbonyl (C=O) groups excluding carboxylic acids is 3. The van der Waals surface area contributed by atoms with E-state index in [0.29, 0.717) is 11.5 Å². The quantitative estimate of drug-likeness (QED) is 0.214. The predicted molar refractivity (Wildman–Crippen MR) is 142 cm³/mol. The Morgan fingerprint density at radius 2 is 1.62 bits per heavy atom. The molecule has 0 aromatic heterocycles. The summed E-state index contributed by atoms with van der Waals surface area (Å²) in [5, 5.41) is 0. The Morgan fingerprint density at radius 3 is 2.23 bits per heavy atom. The summed E-state index contributed by atoms with van der Waals surface area (Å²) in [6.45, 7) is 1.20. The highest BCUT2D eigenvalue weighted by Crippen LogP contribution is 2.32. The van der Waals surface area contributed by atoms with E-state index in [9.17, 15) is 22.8 Å². The van der Waals surface area contributed by atoms with Gasteiger partial charge in [-0.05, 0) is 60.5 Å². The molecule has 0 radical (unpaired) electrons. The number of hydrogen-bond donors (Lipinski definition) is 0. The largest absolute Gasteiger partial charge is 0.493 e. The number of methoxy groups -OCH3 is 2. The van der Waals surface area contributed by atoms with Crippen molar-refractivity contribution in [1.82, 2.24) is 4.31 Å². The van der Waals surface area contributed by atoms with E-state index in [2.05, 4.69) is 0 Å². The summed E-state index contributed by atoms with van der Waals surface area (Å²) in [4.78, 5) is 38.8. The van der Waals surface area contributed by atoms with Gasteiger partial charge in [-0.25, -0.2) is 13.3 Å². The van der Waals surface area contributed by atoms with Crippen LogP contribution in [-0.4, -0.2) is 57.3 Å². The maximum Gasteiger partial charge on any atom is 0.308 e. The monoisotopic (exact) mass is 552 g/mol. The van der Waals surface area contributed by atoms with Crippen LogP contribution in [0.3, 0.4) is 0 Å². The van der Waals surface area contributed by atoms with Crippen molar-refractivity contribution in [2.75, 3.05) is 25.7 Å². The minimum atomic E-state index is -4.15. The Labute approximate surface area is 226 Å². The first-order valence-electron chi connectivity index (χ1n) is 12.1. The molecule has 10 nitrogen and oxygen atoms in total. The molecule has 1 aliphatic rings. The molecule has 3 aromatic carbocycles. The lowest BCUT2D eigenvalue weighted by Crippen LogP contribution is -2.46. The number of nitrogens with zero attached hydrogens (tertiary/aromatic N) is 2. The first-order valence-corrected chi connectivity index (χ1v) is 13.5. The third-order valence-electron chi connectivity index (χ3n) is 6.25. The lowest BCUT2D eigenvalue weighted by molar-refractivity contribution is -0.132. The number of rotatable bonds is 10. The second kappa shape index (κ2) is 11.7. The van der Waals surface area contributed by atoms with Crippen LogP contribution in [0.1, 0.15) is 18.9 Å². The van der Waals surface area contributed by atoms with Crippen molar-refractivity contribution in [1.29, 1.82) is 0 Å². The minimum absolute atomic E-state index is 0.0155. The number of imide groups is 1. The van der Waals surface area contributed by atoms with Crippen molar-refractivity contribution >= 4 is 33.5 Å². The van der Waals surface area contributed by atoms with Crippen molar-refractivity contribution in [2.24, 2.45) is 0 Å². The minimum Gasteiger partial charge on any atom is -0.493 e. The number of benzene rings is 3. The molecule has 1 heterocycles. The fourth-order valence-corrected chi connectivity index (χ4v) is 5.99. The third-order valence-corrected chi connectivity index (χ3v) is 8.17. The number of anilines is 1. The van der Waals surface area contributed by atoms with E-state index in [0.717, 1.165) is 14.8 Å². The van der Waals surface area contributed by atoms with Gasteiger partial charge in [0.05, 0.1) is 31.2 Å². The Balaban J connectivity index is 1.65. The van der Waals surface area contributed by atoms with E-state index >= 15 is 0 Å². The number of carbonyl (C=O) groups is 3. The Kier molecular flexibility index (Phi) is 8.32. The van der Waals surface area contributed by atoms with Crippen LogP contribution in [0.15, 0.2) is 77.7 Å². The fraction of sp³-hybridized carbons (Fsp3) is 0.250. The van der Waals surface area contributed by atoms with Crippen molar-refractivity contribution in [3.63, 3.8) is 0 Å². The maximum absolute atomic E-state index is 13.8. The average Bonchev–Trinajstić information content (AvgIpc) is 3.22. The molecule has 1 aliphatic heterocycles. The summed E-state index contributed by atoms with van der Waals surface area (Å²) in [7, 11) is -1.12. The van der Waals surface area contributed by atoms with E-state index in [-0.39, 0.29) is 35.7 Å². The van der Waals surface area contributed by atoms with Crippen LogP contribution in [0.5, 0.6) is 17.2 Å². The van der Waals surface area contributed by atoms with Gasteiger partial charge in [0.25, 0.3) is 5.91 Å². The molecule has 0 bridgehead atoms. The summed E-state index contributed by atoms with van der Waals surface area (Å²) in [6, 6.07) is 17.6. The fourth-order valence-electron chi connectivity index (χ4n) is 4.39. The topological polar surface area (TPSA) is 120 Å². The first kappa shape index (κ1) is 27.8. The maximum atomic E-state index is 13.8. The highest BCUT2D eigenvalue weighted by molar-refractivity contribution is 7.89. The first-order chi connectivity index (χ1) is 18.6. The van der Waals surface area contributed by atoms with E-state index < -0.39 is 33.8 Å². The average molecular weight is 553 g/mol. The predicted octanol–water partition coefficient (Wildman–Crippen LogP) is 3.19. The van der Waals surface area contributed by atoms with Crippen molar-refractivity contribution in [3.8, 4) is 17.2 Å². The smallest absolute Gasteiger partial charge is 0.308 e. The summed E-state index contributed by atoms with van der Waals surface area (Å²) in [5.41, 5.74) is 1.01. The standard InChI is InChI=1S/C28H28N2O8S/c1-19(31)38-22-12-10-21(11-13-22)30-27(32)18-24(28(30)33)29(39(34,35)23-7-5-4-6-8-23)16-15-20-9-14-25(36-2)26(17-20)37-3/h4-14,17,24H,15-16,18H2,1-3H3. The van der Waals surface area contributed by atoms with E-state index in [1.54, 1.807) is 36.4 Å². The highest BCUT2D eigenvalue weighted by Gasteiger charge is 2.46. The molecule has 0 saturated carbocycles. The number of amides is 2. The van der Waals surface area contributed by atoms with Gasteiger partial charge in [-0.2, -0.15) is 4.31 Å². The Morgan fingerprint density at radius 1 is 0.949 bits per heavy atom. The number of sulfonamides is 1. The zero-order valence-corrected chi connectivity index (χ0v) is 22.5. The van der Waals surface area contributed by atoms with Crippen LogP contribution in [0.2, 0.25) is 0 Å². The molecule has 1 unspecified atom stereocenters. The Bertz CT molecular complexity index is 1470.